The highest BCUT2D eigenvalue weighted by atomic mass is 16.5. The van der Waals surface area contributed by atoms with Gasteiger partial charge >= 0.3 is 0 Å². The monoisotopic (exact) mass is 619 g/mol. The number of aryl methyl sites for hydroxylation is 1. The largest absolute Gasteiger partial charge is 0.506 e. The van der Waals surface area contributed by atoms with Gasteiger partial charge in [0.05, 0.1) is 25.8 Å². The van der Waals surface area contributed by atoms with Gasteiger partial charge in [0.2, 0.25) is 5.91 Å². The molecule has 1 saturated carbocycles. The lowest BCUT2D eigenvalue weighted by atomic mass is 9.77. The zero-order valence-electron chi connectivity index (χ0n) is 27.1. The number of ether oxygens (including phenoxy) is 2. The first-order chi connectivity index (χ1) is 21.7. The summed E-state index contributed by atoms with van der Waals surface area (Å²) in [5.41, 5.74) is 4.72. The van der Waals surface area contributed by atoms with E-state index in [0.717, 1.165) is 49.0 Å². The number of amides is 2. The summed E-state index contributed by atoms with van der Waals surface area (Å²) >= 11 is 0. The molecule has 1 unspecified atom stereocenters. The number of hydrogen-bond donors (Lipinski definition) is 3. The summed E-state index contributed by atoms with van der Waals surface area (Å²) in [6.07, 6.45) is 12.0. The fourth-order valence-electron chi connectivity index (χ4n) is 6.69. The van der Waals surface area contributed by atoms with Crippen molar-refractivity contribution in [1.82, 2.24) is 25.3 Å². The van der Waals surface area contributed by atoms with E-state index in [0.29, 0.717) is 56.6 Å². The molecule has 1 aromatic heterocycles. The van der Waals surface area contributed by atoms with E-state index >= 15 is 0 Å². The van der Waals surface area contributed by atoms with E-state index in [4.69, 9.17) is 9.47 Å². The van der Waals surface area contributed by atoms with Gasteiger partial charge in [0, 0.05) is 42.9 Å². The smallest absolute Gasteiger partial charge is 0.262 e. The highest BCUT2D eigenvalue weighted by Gasteiger charge is 2.39. The van der Waals surface area contributed by atoms with Gasteiger partial charge in [-0.1, -0.05) is 50.5 Å². The molecule has 0 spiro atoms. The van der Waals surface area contributed by atoms with Crippen LogP contribution in [-0.2, 0) is 32.5 Å². The molecule has 1 aromatic carbocycles. The Hall–Kier alpha value is -3.63. The van der Waals surface area contributed by atoms with Gasteiger partial charge in [-0.05, 0) is 62.8 Å². The van der Waals surface area contributed by atoms with Crippen LogP contribution in [0.1, 0.15) is 69.5 Å². The van der Waals surface area contributed by atoms with Crippen molar-refractivity contribution in [3.05, 3.63) is 65.0 Å². The molecule has 3 aliphatic rings. The molecule has 2 heterocycles. The Morgan fingerprint density at radius 3 is 2.84 bits per heavy atom. The zero-order valence-corrected chi connectivity index (χ0v) is 27.1. The SMILES string of the molecule is Cc1c(-c2cccc(CCOCCC(=O)N(CCNCCC3(C)CC=C(O)C4=C3OCC(=O)N4)C3CCCCC3)c2)cnn1C. The first-order valence-electron chi connectivity index (χ1n) is 16.5. The van der Waals surface area contributed by atoms with E-state index in [1.54, 1.807) is 6.08 Å². The lowest BCUT2D eigenvalue weighted by Gasteiger charge is -2.38. The highest BCUT2D eigenvalue weighted by Crippen LogP contribution is 2.42. The standard InChI is InChI=1S/C35H49N5O5/c1-25-29(23-37-39(25)3)27-9-7-8-26(22-27)13-20-44-21-14-32(43)40(28-10-5-4-6-11-28)19-18-36-17-16-35(2)15-12-30(41)33-34(35)45-24-31(42)38-33/h7-9,12,22-23,28,36,41H,4-6,10-11,13-21,24H2,1-3H3,(H,38,42). The quantitative estimate of drug-likeness (QED) is 0.263. The minimum Gasteiger partial charge on any atom is -0.506 e. The molecule has 2 amide bonds. The molecule has 0 bridgehead atoms. The second kappa shape index (κ2) is 15.1. The van der Waals surface area contributed by atoms with Gasteiger partial charge in [-0.2, -0.15) is 5.10 Å². The molecular weight excluding hydrogens is 570 g/mol. The summed E-state index contributed by atoms with van der Waals surface area (Å²) < 4.78 is 13.6. The average Bonchev–Trinajstić information content (AvgIpc) is 3.38. The van der Waals surface area contributed by atoms with Gasteiger partial charge in [-0.3, -0.25) is 14.3 Å². The Morgan fingerprint density at radius 1 is 1.24 bits per heavy atom. The van der Waals surface area contributed by atoms with Crippen LogP contribution in [0.3, 0.4) is 0 Å². The van der Waals surface area contributed by atoms with Crippen LogP contribution in [0.15, 0.2) is 53.8 Å². The number of hydrogen-bond acceptors (Lipinski definition) is 7. The molecule has 0 radical (unpaired) electrons. The van der Waals surface area contributed by atoms with Crippen molar-refractivity contribution >= 4 is 11.8 Å². The van der Waals surface area contributed by atoms with Crippen molar-refractivity contribution < 1.29 is 24.2 Å². The van der Waals surface area contributed by atoms with E-state index in [-0.39, 0.29) is 29.6 Å². The number of rotatable bonds is 14. The predicted molar refractivity (Wildman–Crippen MR) is 173 cm³/mol. The third kappa shape index (κ3) is 8.16. The van der Waals surface area contributed by atoms with Gasteiger partial charge in [0.25, 0.3) is 5.91 Å². The molecule has 244 valence electrons. The molecule has 1 aliphatic heterocycles. The Bertz CT molecular complexity index is 1410. The van der Waals surface area contributed by atoms with Crippen molar-refractivity contribution in [3.63, 3.8) is 0 Å². The molecule has 3 N–H and O–H groups in total. The van der Waals surface area contributed by atoms with Gasteiger partial charge in [-0.15, -0.1) is 0 Å². The van der Waals surface area contributed by atoms with Crippen LogP contribution in [0.4, 0.5) is 0 Å². The van der Waals surface area contributed by atoms with Gasteiger partial charge in [0.15, 0.2) is 6.61 Å². The summed E-state index contributed by atoms with van der Waals surface area (Å²) in [6.45, 7) is 7.24. The molecule has 2 aromatic rings. The summed E-state index contributed by atoms with van der Waals surface area (Å²) in [7, 11) is 1.95. The summed E-state index contributed by atoms with van der Waals surface area (Å²) in [6, 6.07) is 8.79. The second-order valence-electron chi connectivity index (χ2n) is 12.9. The molecule has 5 rings (SSSR count). The zero-order chi connectivity index (χ0) is 31.8. The molecule has 1 atom stereocenters. The molecule has 1 fully saturated rings. The van der Waals surface area contributed by atoms with Crippen LogP contribution < -0.4 is 10.6 Å². The Kier molecular flexibility index (Phi) is 11.0. The van der Waals surface area contributed by atoms with Crippen LogP contribution in [-0.4, -0.2) is 77.1 Å². The number of nitrogens with one attached hydrogen (secondary N) is 2. The predicted octanol–water partition coefficient (Wildman–Crippen LogP) is 4.70. The molecule has 10 heteroatoms. The molecule has 0 saturated heterocycles. The Labute approximate surface area is 266 Å². The molecule has 10 nitrogen and oxygen atoms in total. The van der Waals surface area contributed by atoms with Crippen molar-refractivity contribution in [3.8, 4) is 11.1 Å². The number of carbonyl (C=O) groups is 2. The lowest BCUT2D eigenvalue weighted by molar-refractivity contribution is -0.135. The topological polar surface area (TPSA) is 118 Å². The van der Waals surface area contributed by atoms with Crippen molar-refractivity contribution in [2.75, 3.05) is 39.5 Å². The van der Waals surface area contributed by atoms with Gasteiger partial charge < -0.3 is 30.1 Å². The maximum Gasteiger partial charge on any atom is 0.262 e. The maximum absolute atomic E-state index is 13.4. The average molecular weight is 620 g/mol. The third-order valence-electron chi connectivity index (χ3n) is 9.58. The normalized spacial score (nSPS) is 20.3. The number of carbonyl (C=O) groups excluding carboxylic acids is 2. The van der Waals surface area contributed by atoms with Gasteiger partial charge in [0.1, 0.15) is 17.2 Å². The van der Waals surface area contributed by atoms with Crippen LogP contribution in [0.25, 0.3) is 11.1 Å². The summed E-state index contributed by atoms with van der Waals surface area (Å²) in [4.78, 5) is 27.3. The third-order valence-corrected chi connectivity index (χ3v) is 9.58. The van der Waals surface area contributed by atoms with Crippen molar-refractivity contribution in [2.45, 2.75) is 77.7 Å². The maximum atomic E-state index is 13.4. The number of aliphatic hydroxyl groups is 1. The van der Waals surface area contributed by atoms with Crippen molar-refractivity contribution in [2.24, 2.45) is 12.5 Å². The minimum absolute atomic E-state index is 0.0314. The minimum atomic E-state index is -0.322. The van der Waals surface area contributed by atoms with Crippen molar-refractivity contribution in [1.29, 1.82) is 0 Å². The molecular formula is C35H49N5O5. The Balaban J connectivity index is 1.06. The van der Waals surface area contributed by atoms with Gasteiger partial charge in [-0.25, -0.2) is 0 Å². The summed E-state index contributed by atoms with van der Waals surface area (Å²) in [5.74, 6) is 0.632. The lowest BCUT2D eigenvalue weighted by Crippen LogP contribution is -2.45. The second-order valence-corrected chi connectivity index (χ2v) is 12.9. The van der Waals surface area contributed by atoms with E-state index in [9.17, 15) is 14.7 Å². The highest BCUT2D eigenvalue weighted by molar-refractivity contribution is 5.81. The number of allylic oxidation sites excluding steroid dienone is 2. The fourth-order valence-corrected chi connectivity index (χ4v) is 6.69. The van der Waals surface area contributed by atoms with Crippen LogP contribution >= 0.6 is 0 Å². The van der Waals surface area contributed by atoms with Crippen LogP contribution in [0, 0.1) is 12.3 Å². The summed E-state index contributed by atoms with van der Waals surface area (Å²) in [5, 5.41) is 20.9. The number of aliphatic hydroxyl groups excluding tert-OH is 1. The van der Waals surface area contributed by atoms with Crippen LogP contribution in [0.5, 0.6) is 0 Å². The van der Waals surface area contributed by atoms with E-state index in [1.165, 1.54) is 24.8 Å². The fraction of sp³-hybridized carbons (Fsp3) is 0.571. The van der Waals surface area contributed by atoms with E-state index < -0.39 is 0 Å². The van der Waals surface area contributed by atoms with E-state index in [1.807, 2.05) is 17.9 Å². The molecule has 45 heavy (non-hydrogen) atoms. The molecule has 2 aliphatic carbocycles. The number of nitrogens with zero attached hydrogens (tertiary/aromatic N) is 3. The first kappa shape index (κ1) is 32.8. The van der Waals surface area contributed by atoms with E-state index in [2.05, 4.69) is 58.7 Å². The number of aromatic nitrogens is 2. The first-order valence-corrected chi connectivity index (χ1v) is 16.5. The van der Waals surface area contributed by atoms with Crippen LogP contribution in [0.2, 0.25) is 0 Å². The Morgan fingerprint density at radius 2 is 2.07 bits per heavy atom. The number of benzene rings is 1.